The molecule has 2 rings (SSSR count). The van der Waals surface area contributed by atoms with Gasteiger partial charge in [-0.15, -0.1) is 0 Å². The maximum absolute atomic E-state index is 12.6. The largest absolute Gasteiger partial charge is 0.478 e. The van der Waals surface area contributed by atoms with Crippen LogP contribution < -0.4 is 0 Å². The van der Waals surface area contributed by atoms with Gasteiger partial charge in [0, 0.05) is 4.90 Å². The van der Waals surface area contributed by atoms with E-state index in [9.17, 15) is 18.0 Å². The van der Waals surface area contributed by atoms with Gasteiger partial charge in [-0.1, -0.05) is 30.0 Å². The number of rotatable bonds is 3. The van der Waals surface area contributed by atoms with Crippen LogP contribution in [0.1, 0.15) is 16.1 Å². The van der Waals surface area contributed by atoms with E-state index in [1.165, 1.54) is 0 Å². The molecular formula is C13H8F3NO2S. The Labute approximate surface area is 116 Å². The minimum absolute atomic E-state index is 0.182. The summed E-state index contributed by atoms with van der Waals surface area (Å²) in [6.07, 6.45) is -4.61. The molecule has 0 aliphatic rings. The number of pyridine rings is 1. The number of carboxylic acid groups (broad SMARTS) is 1. The number of benzene rings is 1. The fourth-order valence-corrected chi connectivity index (χ4v) is 2.36. The van der Waals surface area contributed by atoms with Gasteiger partial charge in [0.1, 0.15) is 10.7 Å². The Hall–Kier alpha value is -2.02. The molecule has 0 radical (unpaired) electrons. The van der Waals surface area contributed by atoms with Gasteiger partial charge in [-0.25, -0.2) is 9.78 Å². The molecule has 2 aromatic rings. The van der Waals surface area contributed by atoms with Crippen molar-refractivity contribution in [1.82, 2.24) is 4.98 Å². The second kappa shape index (κ2) is 5.54. The SMILES string of the molecule is O=C(O)c1ccc(C(F)(F)F)nc1Sc1ccccc1. The molecule has 1 N–H and O–H groups in total. The lowest BCUT2D eigenvalue weighted by molar-refractivity contribution is -0.141. The van der Waals surface area contributed by atoms with Gasteiger partial charge in [0.05, 0.1) is 5.56 Å². The zero-order chi connectivity index (χ0) is 14.8. The summed E-state index contributed by atoms with van der Waals surface area (Å²) in [4.78, 5) is 15.1. The second-order valence-corrected chi connectivity index (χ2v) is 4.83. The highest BCUT2D eigenvalue weighted by atomic mass is 32.2. The topological polar surface area (TPSA) is 50.2 Å². The summed E-state index contributed by atoms with van der Waals surface area (Å²) in [6, 6.07) is 10.1. The number of hydrogen-bond acceptors (Lipinski definition) is 3. The van der Waals surface area contributed by atoms with E-state index in [2.05, 4.69) is 4.98 Å². The van der Waals surface area contributed by atoms with Gasteiger partial charge in [0.25, 0.3) is 0 Å². The zero-order valence-electron chi connectivity index (χ0n) is 9.89. The summed E-state index contributed by atoms with van der Waals surface area (Å²) in [6.45, 7) is 0. The van der Waals surface area contributed by atoms with Crippen LogP contribution in [0.2, 0.25) is 0 Å². The van der Waals surface area contributed by atoms with E-state index < -0.39 is 17.8 Å². The normalized spacial score (nSPS) is 11.3. The first-order valence-corrected chi connectivity index (χ1v) is 6.24. The summed E-state index contributed by atoms with van der Waals surface area (Å²) in [5, 5.41) is 8.82. The van der Waals surface area contributed by atoms with Crippen LogP contribution in [0, 0.1) is 0 Å². The Morgan fingerprint density at radius 3 is 2.30 bits per heavy atom. The number of alkyl halides is 3. The molecule has 0 aliphatic heterocycles. The van der Waals surface area contributed by atoms with Crippen molar-refractivity contribution >= 4 is 17.7 Å². The zero-order valence-corrected chi connectivity index (χ0v) is 10.7. The van der Waals surface area contributed by atoms with Crippen LogP contribution in [0.5, 0.6) is 0 Å². The quantitative estimate of drug-likeness (QED) is 0.932. The molecule has 20 heavy (non-hydrogen) atoms. The van der Waals surface area contributed by atoms with Crippen LogP contribution in [-0.2, 0) is 6.18 Å². The van der Waals surface area contributed by atoms with Gasteiger partial charge < -0.3 is 5.11 Å². The predicted octanol–water partition coefficient (Wildman–Crippen LogP) is 3.95. The number of hydrogen-bond donors (Lipinski definition) is 1. The van der Waals surface area contributed by atoms with Crippen molar-refractivity contribution in [2.45, 2.75) is 16.1 Å². The number of carbonyl (C=O) groups is 1. The molecule has 1 heterocycles. The van der Waals surface area contributed by atoms with Crippen LogP contribution >= 0.6 is 11.8 Å². The Morgan fingerprint density at radius 1 is 1.10 bits per heavy atom. The van der Waals surface area contributed by atoms with Crippen molar-refractivity contribution in [3.8, 4) is 0 Å². The molecule has 7 heteroatoms. The van der Waals surface area contributed by atoms with Crippen LogP contribution in [0.3, 0.4) is 0 Å². The van der Waals surface area contributed by atoms with Crippen molar-refractivity contribution < 1.29 is 23.1 Å². The van der Waals surface area contributed by atoms with Gasteiger partial charge in [0.15, 0.2) is 0 Å². The van der Waals surface area contributed by atoms with E-state index in [0.717, 1.165) is 17.8 Å². The number of aromatic carboxylic acids is 1. The molecule has 104 valence electrons. The van der Waals surface area contributed by atoms with Gasteiger partial charge >= 0.3 is 12.1 Å². The molecule has 0 atom stereocenters. The monoisotopic (exact) mass is 299 g/mol. The summed E-state index contributed by atoms with van der Waals surface area (Å²) >= 11 is 0.881. The van der Waals surface area contributed by atoms with Crippen LogP contribution in [-0.4, -0.2) is 16.1 Å². The van der Waals surface area contributed by atoms with E-state index in [1.807, 2.05) is 0 Å². The molecule has 0 saturated carbocycles. The second-order valence-electron chi connectivity index (χ2n) is 3.77. The summed E-state index contributed by atoms with van der Waals surface area (Å²) in [7, 11) is 0. The van der Waals surface area contributed by atoms with Crippen molar-refractivity contribution in [2.24, 2.45) is 0 Å². The van der Waals surface area contributed by atoms with E-state index >= 15 is 0 Å². The molecule has 0 amide bonds. The molecule has 0 unspecified atom stereocenters. The molecule has 0 bridgehead atoms. The summed E-state index contributed by atoms with van der Waals surface area (Å²) in [5.41, 5.74) is -1.37. The van der Waals surface area contributed by atoms with Crippen LogP contribution in [0.4, 0.5) is 13.2 Å². The van der Waals surface area contributed by atoms with Crippen molar-refractivity contribution in [2.75, 3.05) is 0 Å². The number of nitrogens with zero attached hydrogens (tertiary/aromatic N) is 1. The third kappa shape index (κ3) is 3.30. The minimum Gasteiger partial charge on any atom is -0.478 e. The molecule has 3 nitrogen and oxygen atoms in total. The molecule has 0 spiro atoms. The van der Waals surface area contributed by atoms with E-state index in [0.29, 0.717) is 11.0 Å². The van der Waals surface area contributed by atoms with E-state index in [-0.39, 0.29) is 10.6 Å². The van der Waals surface area contributed by atoms with Crippen LogP contribution in [0.25, 0.3) is 0 Å². The molecule has 0 saturated heterocycles. The molecular weight excluding hydrogens is 291 g/mol. The lowest BCUT2D eigenvalue weighted by Gasteiger charge is -2.10. The molecule has 1 aromatic heterocycles. The highest BCUT2D eigenvalue weighted by molar-refractivity contribution is 7.99. The summed E-state index contributed by atoms with van der Waals surface area (Å²) < 4.78 is 37.9. The first kappa shape index (κ1) is 14.4. The average molecular weight is 299 g/mol. The molecule has 1 aromatic carbocycles. The highest BCUT2D eigenvalue weighted by Crippen LogP contribution is 2.33. The predicted molar refractivity (Wildman–Crippen MR) is 66.8 cm³/mol. The van der Waals surface area contributed by atoms with Crippen molar-refractivity contribution in [3.63, 3.8) is 0 Å². The standard InChI is InChI=1S/C13H8F3NO2S/c14-13(15,16)10-7-6-9(12(18)19)11(17-10)20-8-4-2-1-3-5-8/h1-7H,(H,18,19). The van der Waals surface area contributed by atoms with Gasteiger partial charge in [-0.05, 0) is 24.3 Å². The fraction of sp³-hybridized carbons (Fsp3) is 0.0769. The molecule has 0 fully saturated rings. The number of halogens is 3. The lowest BCUT2D eigenvalue weighted by Crippen LogP contribution is -2.11. The Bertz CT molecular complexity index is 629. The van der Waals surface area contributed by atoms with Gasteiger partial charge in [0.2, 0.25) is 0 Å². The smallest absolute Gasteiger partial charge is 0.433 e. The van der Waals surface area contributed by atoms with Crippen molar-refractivity contribution in [1.29, 1.82) is 0 Å². The van der Waals surface area contributed by atoms with Crippen molar-refractivity contribution in [3.05, 3.63) is 53.7 Å². The Morgan fingerprint density at radius 2 is 1.75 bits per heavy atom. The van der Waals surface area contributed by atoms with Crippen LogP contribution in [0.15, 0.2) is 52.4 Å². The fourth-order valence-electron chi connectivity index (χ4n) is 1.44. The number of carboxylic acids is 1. The summed E-state index contributed by atoms with van der Waals surface area (Å²) in [5.74, 6) is -1.32. The third-order valence-corrected chi connectivity index (χ3v) is 3.35. The third-order valence-electron chi connectivity index (χ3n) is 2.34. The highest BCUT2D eigenvalue weighted by Gasteiger charge is 2.33. The maximum atomic E-state index is 12.6. The lowest BCUT2D eigenvalue weighted by atomic mass is 10.2. The maximum Gasteiger partial charge on any atom is 0.433 e. The van der Waals surface area contributed by atoms with E-state index in [1.54, 1.807) is 30.3 Å². The minimum atomic E-state index is -4.61. The average Bonchev–Trinajstić information content (AvgIpc) is 2.38. The van der Waals surface area contributed by atoms with E-state index in [4.69, 9.17) is 5.11 Å². The first-order valence-electron chi connectivity index (χ1n) is 5.42. The van der Waals surface area contributed by atoms with Gasteiger partial charge in [-0.3, -0.25) is 0 Å². The Balaban J connectivity index is 2.45. The van der Waals surface area contributed by atoms with Gasteiger partial charge in [-0.2, -0.15) is 13.2 Å². The first-order chi connectivity index (χ1) is 9.38. The Kier molecular flexibility index (Phi) is 3.99. The number of aromatic nitrogens is 1. The molecule has 0 aliphatic carbocycles.